The highest BCUT2D eigenvalue weighted by Crippen LogP contribution is 2.52. The van der Waals surface area contributed by atoms with E-state index in [1.165, 1.54) is 25.2 Å². The standard InChI is InChI=1S/C24H32N6O/c1-16-3-5-17(6-4-16)22-8-7-21(25)23(26-22)27-24(31)30-14-19-18(20(19)15-30)13-29-11-9-28(2)10-12-29/h3-8,18-20H,9-15,25H2,1-2H3,(H,26,27,31)/t18-,19-,20+. The number of anilines is 2. The zero-order chi connectivity index (χ0) is 21.5. The third-order valence-electron chi connectivity index (χ3n) is 7.22. The summed E-state index contributed by atoms with van der Waals surface area (Å²) in [5.41, 5.74) is 9.61. The Hall–Kier alpha value is -2.64. The Morgan fingerprint density at radius 1 is 1.06 bits per heavy atom. The second-order valence-corrected chi connectivity index (χ2v) is 9.43. The van der Waals surface area contributed by atoms with E-state index in [4.69, 9.17) is 5.73 Å². The number of likely N-dealkylation sites (tertiary alicyclic amines) is 1. The number of carbonyl (C=O) groups excluding carboxylic acids is 1. The minimum Gasteiger partial charge on any atom is -0.396 e. The van der Waals surface area contributed by atoms with E-state index < -0.39 is 0 Å². The summed E-state index contributed by atoms with van der Waals surface area (Å²) in [4.78, 5) is 24.4. The van der Waals surface area contributed by atoms with E-state index in [9.17, 15) is 4.79 Å². The van der Waals surface area contributed by atoms with Crippen LogP contribution in [0.2, 0.25) is 0 Å². The molecule has 3 N–H and O–H groups in total. The summed E-state index contributed by atoms with van der Waals surface area (Å²) >= 11 is 0. The molecule has 3 atom stereocenters. The molecule has 1 aromatic heterocycles. The smallest absolute Gasteiger partial charge is 0.323 e. The highest BCUT2D eigenvalue weighted by atomic mass is 16.2. The molecule has 0 spiro atoms. The van der Waals surface area contributed by atoms with Crippen LogP contribution in [-0.2, 0) is 0 Å². The van der Waals surface area contributed by atoms with Gasteiger partial charge >= 0.3 is 6.03 Å². The number of piperidine rings is 1. The van der Waals surface area contributed by atoms with Crippen LogP contribution in [-0.4, -0.2) is 78.6 Å². The van der Waals surface area contributed by atoms with E-state index in [0.29, 0.717) is 23.3 Å². The molecular formula is C24H32N6O. The summed E-state index contributed by atoms with van der Waals surface area (Å²) < 4.78 is 0. The number of likely N-dealkylation sites (N-methyl/N-ethyl adjacent to an activating group) is 1. The number of nitrogens with zero attached hydrogens (tertiary/aromatic N) is 4. The average Bonchev–Trinajstić information content (AvgIpc) is 3.18. The van der Waals surface area contributed by atoms with E-state index in [1.807, 2.05) is 29.2 Å². The van der Waals surface area contributed by atoms with Crippen molar-refractivity contribution in [2.24, 2.45) is 17.8 Å². The maximum absolute atomic E-state index is 12.9. The summed E-state index contributed by atoms with van der Waals surface area (Å²) in [5.74, 6) is 2.49. The lowest BCUT2D eigenvalue weighted by molar-refractivity contribution is 0.141. The van der Waals surface area contributed by atoms with Crippen LogP contribution < -0.4 is 11.1 Å². The molecule has 2 amide bonds. The fraction of sp³-hybridized carbons (Fsp3) is 0.500. The molecule has 0 bridgehead atoms. The number of amides is 2. The van der Waals surface area contributed by atoms with Gasteiger partial charge in [0.15, 0.2) is 5.82 Å². The van der Waals surface area contributed by atoms with E-state index in [0.717, 1.165) is 43.4 Å². The Balaban J connectivity index is 1.17. The number of fused-ring (bicyclic) bond motifs is 1. The van der Waals surface area contributed by atoms with Crippen LogP contribution in [0.5, 0.6) is 0 Å². The molecular weight excluding hydrogens is 388 g/mol. The molecule has 7 heteroatoms. The topological polar surface area (TPSA) is 77.7 Å². The molecule has 3 heterocycles. The molecule has 2 aliphatic heterocycles. The number of rotatable bonds is 4. The molecule has 3 aliphatic rings. The van der Waals surface area contributed by atoms with Gasteiger partial charge in [0, 0.05) is 51.4 Å². The van der Waals surface area contributed by atoms with Crippen molar-refractivity contribution in [1.29, 1.82) is 0 Å². The van der Waals surface area contributed by atoms with Crippen molar-refractivity contribution in [3.63, 3.8) is 0 Å². The van der Waals surface area contributed by atoms with Crippen molar-refractivity contribution in [2.75, 3.05) is 63.9 Å². The van der Waals surface area contributed by atoms with Crippen LogP contribution in [0, 0.1) is 24.7 Å². The van der Waals surface area contributed by atoms with Gasteiger partial charge in [0.2, 0.25) is 0 Å². The fourth-order valence-corrected chi connectivity index (χ4v) is 5.05. The SMILES string of the molecule is Cc1ccc(-c2ccc(N)c(NC(=O)N3C[C@@H]4[C@@H](CN5CCN(C)CC5)[C@@H]4C3)n2)cc1. The Kier molecular flexibility index (Phi) is 5.32. The summed E-state index contributed by atoms with van der Waals surface area (Å²) in [6.07, 6.45) is 0. The van der Waals surface area contributed by atoms with Gasteiger partial charge < -0.3 is 20.4 Å². The predicted molar refractivity (Wildman–Crippen MR) is 124 cm³/mol. The number of benzene rings is 1. The zero-order valence-electron chi connectivity index (χ0n) is 18.4. The van der Waals surface area contributed by atoms with Crippen LogP contribution in [0.15, 0.2) is 36.4 Å². The van der Waals surface area contributed by atoms with Gasteiger partial charge in [0.25, 0.3) is 0 Å². The minimum atomic E-state index is -0.0918. The highest BCUT2D eigenvalue weighted by molar-refractivity contribution is 5.92. The molecule has 1 saturated carbocycles. The second-order valence-electron chi connectivity index (χ2n) is 9.43. The first kappa shape index (κ1) is 20.3. The van der Waals surface area contributed by atoms with Crippen LogP contribution >= 0.6 is 0 Å². The normalized spacial score (nSPS) is 26.0. The number of hydrogen-bond donors (Lipinski definition) is 2. The van der Waals surface area contributed by atoms with Crippen LogP contribution in [0.1, 0.15) is 5.56 Å². The molecule has 164 valence electrons. The maximum atomic E-state index is 12.9. The predicted octanol–water partition coefficient (Wildman–Crippen LogP) is 2.60. The average molecular weight is 421 g/mol. The van der Waals surface area contributed by atoms with E-state index in [-0.39, 0.29) is 6.03 Å². The molecule has 1 aromatic carbocycles. The fourth-order valence-electron chi connectivity index (χ4n) is 5.05. The second kappa shape index (κ2) is 8.13. The summed E-state index contributed by atoms with van der Waals surface area (Å²) in [6.45, 7) is 9.57. The monoisotopic (exact) mass is 420 g/mol. The molecule has 0 radical (unpaired) electrons. The van der Waals surface area contributed by atoms with Gasteiger partial charge in [-0.15, -0.1) is 0 Å². The summed E-state index contributed by atoms with van der Waals surface area (Å²) in [6, 6.07) is 11.8. The van der Waals surface area contributed by atoms with Crippen molar-refractivity contribution in [2.45, 2.75) is 6.92 Å². The van der Waals surface area contributed by atoms with E-state index in [1.54, 1.807) is 0 Å². The number of nitrogens with one attached hydrogen (secondary N) is 1. The lowest BCUT2D eigenvalue weighted by Gasteiger charge is -2.33. The molecule has 0 unspecified atom stereocenters. The lowest BCUT2D eigenvalue weighted by Crippen LogP contribution is -2.45. The third-order valence-corrected chi connectivity index (χ3v) is 7.22. The largest absolute Gasteiger partial charge is 0.396 e. The van der Waals surface area contributed by atoms with Crippen molar-refractivity contribution in [1.82, 2.24) is 19.7 Å². The van der Waals surface area contributed by atoms with Crippen LogP contribution in [0.25, 0.3) is 11.3 Å². The number of nitrogen functional groups attached to an aromatic ring is 1. The molecule has 3 fully saturated rings. The summed E-state index contributed by atoms with van der Waals surface area (Å²) in [7, 11) is 2.19. The molecule has 7 nitrogen and oxygen atoms in total. The van der Waals surface area contributed by atoms with Gasteiger partial charge in [-0.3, -0.25) is 5.32 Å². The Morgan fingerprint density at radius 3 is 2.42 bits per heavy atom. The third kappa shape index (κ3) is 4.25. The van der Waals surface area contributed by atoms with Crippen molar-refractivity contribution < 1.29 is 4.79 Å². The quantitative estimate of drug-likeness (QED) is 0.795. The van der Waals surface area contributed by atoms with Crippen molar-refractivity contribution in [3.8, 4) is 11.3 Å². The van der Waals surface area contributed by atoms with Gasteiger partial charge in [-0.05, 0) is 43.9 Å². The number of nitrogens with two attached hydrogens (primary N) is 1. The van der Waals surface area contributed by atoms with E-state index >= 15 is 0 Å². The van der Waals surface area contributed by atoms with Gasteiger partial charge in [-0.1, -0.05) is 29.8 Å². The maximum Gasteiger partial charge on any atom is 0.323 e. The first-order valence-corrected chi connectivity index (χ1v) is 11.3. The number of piperazine rings is 1. The van der Waals surface area contributed by atoms with Gasteiger partial charge in [-0.25, -0.2) is 9.78 Å². The molecule has 31 heavy (non-hydrogen) atoms. The Bertz CT molecular complexity index is 941. The summed E-state index contributed by atoms with van der Waals surface area (Å²) in [5, 5.41) is 2.95. The van der Waals surface area contributed by atoms with Crippen molar-refractivity contribution >= 4 is 17.5 Å². The number of aromatic nitrogens is 1. The minimum absolute atomic E-state index is 0.0918. The number of carbonyl (C=O) groups is 1. The van der Waals surface area contributed by atoms with E-state index in [2.05, 4.69) is 46.2 Å². The van der Waals surface area contributed by atoms with Crippen molar-refractivity contribution in [3.05, 3.63) is 42.0 Å². The molecule has 2 saturated heterocycles. The Morgan fingerprint density at radius 2 is 1.74 bits per heavy atom. The van der Waals surface area contributed by atoms with Gasteiger partial charge in [-0.2, -0.15) is 0 Å². The Labute approximate surface area is 184 Å². The highest BCUT2D eigenvalue weighted by Gasteiger charge is 2.56. The lowest BCUT2D eigenvalue weighted by atomic mass is 10.1. The first-order chi connectivity index (χ1) is 15.0. The van der Waals surface area contributed by atoms with Crippen LogP contribution in [0.4, 0.5) is 16.3 Å². The number of urea groups is 1. The number of aryl methyl sites for hydroxylation is 1. The zero-order valence-corrected chi connectivity index (χ0v) is 18.4. The first-order valence-electron chi connectivity index (χ1n) is 11.3. The molecule has 1 aliphatic carbocycles. The number of hydrogen-bond acceptors (Lipinski definition) is 5. The number of pyridine rings is 1. The molecule has 2 aromatic rings. The van der Waals surface area contributed by atoms with Gasteiger partial charge in [0.1, 0.15) is 0 Å². The van der Waals surface area contributed by atoms with Gasteiger partial charge in [0.05, 0.1) is 11.4 Å². The molecule has 5 rings (SSSR count). The van der Waals surface area contributed by atoms with Crippen LogP contribution in [0.3, 0.4) is 0 Å².